The lowest BCUT2D eigenvalue weighted by molar-refractivity contribution is -0.134. The molecule has 0 heterocycles. The third-order valence-electron chi connectivity index (χ3n) is 2.18. The number of ketones is 1. The van der Waals surface area contributed by atoms with Crippen LogP contribution >= 0.6 is 0 Å². The van der Waals surface area contributed by atoms with Gasteiger partial charge in [0.05, 0.1) is 0 Å². The molecule has 3 nitrogen and oxygen atoms in total. The molecule has 2 rings (SSSR count). The maximum atomic E-state index is 11.2. The number of rotatable bonds is 0. The van der Waals surface area contributed by atoms with Crippen molar-refractivity contribution in [2.24, 2.45) is 0 Å². The highest BCUT2D eigenvalue weighted by Crippen LogP contribution is 2.22. The number of hydrogen-bond acceptors (Lipinski definition) is 2. The number of fused-ring (bicyclic) bond motifs is 1. The molecule has 0 atom stereocenters. The smallest absolute Gasteiger partial charge is 0.300 e. The molecule has 0 bridgehead atoms. The summed E-state index contributed by atoms with van der Waals surface area (Å²) >= 11 is 0. The molecule has 1 N–H and O–H groups in total. The first-order valence-corrected chi connectivity index (χ1v) is 4.83. The summed E-state index contributed by atoms with van der Waals surface area (Å²) in [5.41, 5.74) is 3.42. The number of benzene rings is 1. The van der Waals surface area contributed by atoms with Gasteiger partial charge in [-0.15, -0.1) is 0 Å². The van der Waals surface area contributed by atoms with E-state index in [-0.39, 0.29) is 0 Å². The lowest BCUT2D eigenvalue weighted by atomic mass is 10.1. The van der Waals surface area contributed by atoms with Gasteiger partial charge in [-0.1, -0.05) is 23.8 Å². The SMILES string of the molecule is CC(=O)O.Cc1ccc2c(c1)CCC2=O. The van der Waals surface area contributed by atoms with Crippen molar-refractivity contribution in [3.05, 3.63) is 34.9 Å². The van der Waals surface area contributed by atoms with Crippen LogP contribution in [0.1, 0.15) is 34.8 Å². The van der Waals surface area contributed by atoms with Crippen LogP contribution in [0.5, 0.6) is 0 Å². The van der Waals surface area contributed by atoms with E-state index in [2.05, 4.69) is 13.0 Å². The second-order valence-electron chi connectivity index (χ2n) is 3.60. The highest BCUT2D eigenvalue weighted by atomic mass is 16.4. The molecule has 0 spiro atoms. The fourth-order valence-electron chi connectivity index (χ4n) is 1.58. The van der Waals surface area contributed by atoms with Crippen LogP contribution in [0.3, 0.4) is 0 Å². The number of carbonyl (C=O) groups excluding carboxylic acids is 1. The number of Topliss-reactive ketones (excluding diaryl/α,β-unsaturated/α-hetero) is 1. The van der Waals surface area contributed by atoms with Crippen LogP contribution in [0.15, 0.2) is 18.2 Å². The van der Waals surface area contributed by atoms with Gasteiger partial charge in [-0.3, -0.25) is 9.59 Å². The van der Waals surface area contributed by atoms with E-state index in [0.29, 0.717) is 12.2 Å². The molecule has 0 fully saturated rings. The topological polar surface area (TPSA) is 54.4 Å². The molecular weight excluding hydrogens is 192 g/mol. The van der Waals surface area contributed by atoms with Crippen LogP contribution < -0.4 is 0 Å². The third kappa shape index (κ3) is 3.20. The second kappa shape index (κ2) is 4.73. The van der Waals surface area contributed by atoms with Crippen LogP contribution in [0.4, 0.5) is 0 Å². The van der Waals surface area contributed by atoms with E-state index < -0.39 is 5.97 Å². The van der Waals surface area contributed by atoms with Crippen LogP contribution in [-0.4, -0.2) is 16.9 Å². The summed E-state index contributed by atoms with van der Waals surface area (Å²) in [6.45, 7) is 3.14. The maximum Gasteiger partial charge on any atom is 0.300 e. The van der Waals surface area contributed by atoms with E-state index in [1.807, 2.05) is 12.1 Å². The van der Waals surface area contributed by atoms with Gasteiger partial charge in [-0.05, 0) is 18.9 Å². The molecule has 3 heteroatoms. The number of aliphatic carboxylic acids is 1. The predicted octanol–water partition coefficient (Wildman–Crippen LogP) is 2.21. The van der Waals surface area contributed by atoms with Crippen molar-refractivity contribution < 1.29 is 14.7 Å². The van der Waals surface area contributed by atoms with E-state index in [1.165, 1.54) is 11.1 Å². The van der Waals surface area contributed by atoms with E-state index in [1.54, 1.807) is 0 Å². The first-order valence-electron chi connectivity index (χ1n) is 4.83. The zero-order valence-electron chi connectivity index (χ0n) is 8.91. The predicted molar refractivity (Wildman–Crippen MR) is 57.1 cm³/mol. The van der Waals surface area contributed by atoms with Crippen LogP contribution in [0.2, 0.25) is 0 Å². The normalized spacial score (nSPS) is 12.8. The summed E-state index contributed by atoms with van der Waals surface area (Å²) in [6, 6.07) is 6.06. The van der Waals surface area contributed by atoms with E-state index in [0.717, 1.165) is 18.9 Å². The Bertz CT molecular complexity index is 390. The van der Waals surface area contributed by atoms with Gasteiger partial charge in [0.2, 0.25) is 0 Å². The van der Waals surface area contributed by atoms with Crippen molar-refractivity contribution in [3.63, 3.8) is 0 Å². The average Bonchev–Trinajstić information content (AvgIpc) is 2.46. The standard InChI is InChI=1S/C10H10O.C2H4O2/c1-7-2-4-9-8(6-7)3-5-10(9)11;1-2(3)4/h2,4,6H,3,5H2,1H3;1H3,(H,3,4). The molecule has 0 aliphatic heterocycles. The van der Waals surface area contributed by atoms with Gasteiger partial charge in [-0.25, -0.2) is 0 Å². The molecule has 1 aromatic rings. The van der Waals surface area contributed by atoms with Gasteiger partial charge in [0.25, 0.3) is 5.97 Å². The molecule has 0 saturated carbocycles. The van der Waals surface area contributed by atoms with Crippen molar-refractivity contribution >= 4 is 11.8 Å². The molecular formula is C12H14O3. The molecule has 15 heavy (non-hydrogen) atoms. The number of carboxylic acids is 1. The minimum atomic E-state index is -0.833. The Hall–Kier alpha value is -1.64. The molecule has 0 aromatic heterocycles. The summed E-state index contributed by atoms with van der Waals surface area (Å²) in [7, 11) is 0. The first kappa shape index (κ1) is 11.4. The molecule has 0 amide bonds. The Morgan fingerprint density at radius 3 is 2.53 bits per heavy atom. The number of carboxylic acid groups (broad SMARTS) is 1. The Labute approximate surface area is 88.7 Å². The van der Waals surface area contributed by atoms with Gasteiger partial charge in [-0.2, -0.15) is 0 Å². The van der Waals surface area contributed by atoms with Crippen molar-refractivity contribution in [2.75, 3.05) is 0 Å². The van der Waals surface area contributed by atoms with Crippen LogP contribution in [-0.2, 0) is 11.2 Å². The number of hydrogen-bond donors (Lipinski definition) is 1. The van der Waals surface area contributed by atoms with E-state index in [9.17, 15) is 4.79 Å². The summed E-state index contributed by atoms with van der Waals surface area (Å²) in [5, 5.41) is 7.42. The minimum Gasteiger partial charge on any atom is -0.481 e. The number of carbonyl (C=O) groups is 2. The lowest BCUT2D eigenvalue weighted by Crippen LogP contribution is -1.90. The van der Waals surface area contributed by atoms with Gasteiger partial charge in [0.15, 0.2) is 5.78 Å². The Kier molecular flexibility index (Phi) is 3.61. The molecule has 1 aromatic carbocycles. The molecule has 80 valence electrons. The summed E-state index contributed by atoms with van der Waals surface area (Å²) < 4.78 is 0. The largest absolute Gasteiger partial charge is 0.481 e. The quantitative estimate of drug-likeness (QED) is 0.708. The molecule has 0 unspecified atom stereocenters. The Morgan fingerprint density at radius 2 is 1.93 bits per heavy atom. The van der Waals surface area contributed by atoms with Gasteiger partial charge in [0.1, 0.15) is 0 Å². The average molecular weight is 206 g/mol. The third-order valence-corrected chi connectivity index (χ3v) is 2.18. The molecule has 1 aliphatic rings. The first-order chi connectivity index (χ1) is 7.00. The zero-order valence-corrected chi connectivity index (χ0v) is 8.91. The van der Waals surface area contributed by atoms with E-state index >= 15 is 0 Å². The minimum absolute atomic E-state index is 0.306. The summed E-state index contributed by atoms with van der Waals surface area (Å²) in [6.07, 6.45) is 1.65. The fraction of sp³-hybridized carbons (Fsp3) is 0.333. The van der Waals surface area contributed by atoms with Gasteiger partial charge in [0, 0.05) is 18.9 Å². The van der Waals surface area contributed by atoms with Crippen molar-refractivity contribution in [1.29, 1.82) is 0 Å². The summed E-state index contributed by atoms with van der Waals surface area (Å²) in [4.78, 5) is 20.2. The highest BCUT2D eigenvalue weighted by Gasteiger charge is 2.18. The van der Waals surface area contributed by atoms with Crippen LogP contribution in [0, 0.1) is 6.92 Å². The zero-order chi connectivity index (χ0) is 11.4. The van der Waals surface area contributed by atoms with Crippen molar-refractivity contribution in [1.82, 2.24) is 0 Å². The lowest BCUT2D eigenvalue weighted by Gasteiger charge is -1.97. The fourth-order valence-corrected chi connectivity index (χ4v) is 1.58. The second-order valence-corrected chi connectivity index (χ2v) is 3.60. The summed E-state index contributed by atoms with van der Waals surface area (Å²) in [5.74, 6) is -0.528. The van der Waals surface area contributed by atoms with Gasteiger partial charge < -0.3 is 5.11 Å². The Balaban J connectivity index is 0.000000245. The maximum absolute atomic E-state index is 11.2. The highest BCUT2D eigenvalue weighted by molar-refractivity contribution is 6.00. The van der Waals surface area contributed by atoms with Gasteiger partial charge >= 0.3 is 0 Å². The monoisotopic (exact) mass is 206 g/mol. The Morgan fingerprint density at radius 1 is 1.33 bits per heavy atom. The molecule has 1 aliphatic carbocycles. The molecule has 0 saturated heterocycles. The number of aryl methyl sites for hydroxylation is 2. The van der Waals surface area contributed by atoms with Crippen molar-refractivity contribution in [2.45, 2.75) is 26.7 Å². The van der Waals surface area contributed by atoms with Crippen molar-refractivity contribution in [3.8, 4) is 0 Å². The molecule has 0 radical (unpaired) electrons. The van der Waals surface area contributed by atoms with Crippen LogP contribution in [0.25, 0.3) is 0 Å². The van der Waals surface area contributed by atoms with E-state index in [4.69, 9.17) is 9.90 Å².